The number of sulfonamides is 1. The summed E-state index contributed by atoms with van der Waals surface area (Å²) >= 11 is 5.87. The minimum Gasteiger partial charge on any atom is -0.324 e. The fourth-order valence-corrected chi connectivity index (χ4v) is 4.96. The minimum atomic E-state index is -3.50. The highest BCUT2D eigenvalue weighted by Gasteiger charge is 2.25. The molecule has 0 aliphatic carbocycles. The van der Waals surface area contributed by atoms with E-state index in [2.05, 4.69) is 20.7 Å². The molecule has 9 nitrogen and oxygen atoms in total. The van der Waals surface area contributed by atoms with E-state index in [1.807, 2.05) is 0 Å². The molecule has 1 aliphatic rings. The Morgan fingerprint density at radius 3 is 2.35 bits per heavy atom. The van der Waals surface area contributed by atoms with E-state index in [0.29, 0.717) is 29.6 Å². The zero-order valence-corrected chi connectivity index (χ0v) is 18.2. The van der Waals surface area contributed by atoms with Crippen LogP contribution in [-0.2, 0) is 21.4 Å². The summed E-state index contributed by atoms with van der Waals surface area (Å²) in [6.45, 7) is 0.960. The second kappa shape index (κ2) is 9.13. The van der Waals surface area contributed by atoms with E-state index in [-0.39, 0.29) is 17.3 Å². The predicted molar refractivity (Wildman–Crippen MR) is 116 cm³/mol. The molecule has 162 valence electrons. The molecule has 0 atom stereocenters. The third kappa shape index (κ3) is 5.09. The Hall–Kier alpha value is -2.82. The quantitative estimate of drug-likeness (QED) is 0.605. The first-order valence-corrected chi connectivity index (χ1v) is 11.7. The van der Waals surface area contributed by atoms with Crippen LogP contribution in [0, 0.1) is 0 Å². The number of halogens is 1. The van der Waals surface area contributed by atoms with Crippen LogP contribution in [0.2, 0.25) is 5.02 Å². The first-order chi connectivity index (χ1) is 14.9. The van der Waals surface area contributed by atoms with Crippen LogP contribution in [0.3, 0.4) is 0 Å². The van der Waals surface area contributed by atoms with Gasteiger partial charge in [0, 0.05) is 29.4 Å². The number of carbonyl (C=O) groups excluding carboxylic acids is 1. The molecule has 1 fully saturated rings. The molecule has 2 aromatic carbocycles. The largest absolute Gasteiger partial charge is 0.324 e. The average molecular weight is 461 g/mol. The molecule has 3 aromatic rings. The molecule has 1 N–H and O–H groups in total. The van der Waals surface area contributed by atoms with Gasteiger partial charge in [0.15, 0.2) is 0 Å². The van der Waals surface area contributed by atoms with Gasteiger partial charge in [-0.1, -0.05) is 18.0 Å². The smallest absolute Gasteiger partial charge is 0.248 e. The Labute approximate surface area is 185 Å². The van der Waals surface area contributed by atoms with Crippen LogP contribution in [0.15, 0.2) is 53.4 Å². The maximum atomic E-state index is 12.7. The van der Waals surface area contributed by atoms with Gasteiger partial charge in [0.2, 0.25) is 21.8 Å². The van der Waals surface area contributed by atoms with E-state index in [1.54, 1.807) is 36.4 Å². The van der Waals surface area contributed by atoms with Crippen LogP contribution < -0.4 is 5.32 Å². The number of piperidine rings is 1. The van der Waals surface area contributed by atoms with Gasteiger partial charge in [0.05, 0.1) is 4.90 Å². The third-order valence-corrected chi connectivity index (χ3v) is 7.10. The van der Waals surface area contributed by atoms with Crippen molar-refractivity contribution in [2.24, 2.45) is 0 Å². The Kier molecular flexibility index (Phi) is 6.30. The summed E-state index contributed by atoms with van der Waals surface area (Å²) in [5.41, 5.74) is 1.22. The van der Waals surface area contributed by atoms with Crippen molar-refractivity contribution >= 4 is 33.2 Å². The Balaban J connectivity index is 1.37. The Morgan fingerprint density at radius 1 is 1.00 bits per heavy atom. The van der Waals surface area contributed by atoms with Crippen molar-refractivity contribution in [3.8, 4) is 11.4 Å². The molecule has 0 spiro atoms. The molecule has 31 heavy (non-hydrogen) atoms. The van der Waals surface area contributed by atoms with E-state index >= 15 is 0 Å². The van der Waals surface area contributed by atoms with Crippen LogP contribution in [0.4, 0.5) is 5.69 Å². The summed E-state index contributed by atoms with van der Waals surface area (Å²) in [7, 11) is -3.50. The first kappa shape index (κ1) is 21.4. The van der Waals surface area contributed by atoms with Gasteiger partial charge in [-0.25, -0.2) is 8.42 Å². The highest BCUT2D eigenvalue weighted by molar-refractivity contribution is 7.89. The summed E-state index contributed by atoms with van der Waals surface area (Å²) in [6, 6.07) is 13.1. The molecule has 1 aliphatic heterocycles. The van der Waals surface area contributed by atoms with Crippen molar-refractivity contribution in [3.05, 3.63) is 53.6 Å². The standard InChI is InChI=1S/C20H21ClN6O3S/c21-16-6-4-15(5-7-16)20-23-25-27(24-20)14-19(28)22-17-8-10-18(11-9-17)31(29,30)26-12-2-1-3-13-26/h4-11H,1-3,12-14H2,(H,22,28). The zero-order chi connectivity index (χ0) is 21.8. The van der Waals surface area contributed by atoms with E-state index in [1.165, 1.54) is 21.2 Å². The fourth-order valence-electron chi connectivity index (χ4n) is 3.32. The lowest BCUT2D eigenvalue weighted by atomic mass is 10.2. The van der Waals surface area contributed by atoms with E-state index < -0.39 is 10.0 Å². The zero-order valence-electron chi connectivity index (χ0n) is 16.6. The number of benzene rings is 2. The van der Waals surface area contributed by atoms with Gasteiger partial charge in [-0.3, -0.25) is 4.79 Å². The van der Waals surface area contributed by atoms with E-state index in [4.69, 9.17) is 11.6 Å². The van der Waals surface area contributed by atoms with Gasteiger partial charge in [0.25, 0.3) is 0 Å². The maximum Gasteiger partial charge on any atom is 0.248 e. The van der Waals surface area contributed by atoms with Crippen LogP contribution in [0.5, 0.6) is 0 Å². The van der Waals surface area contributed by atoms with Crippen LogP contribution in [0.25, 0.3) is 11.4 Å². The molecule has 11 heteroatoms. The minimum absolute atomic E-state index is 0.131. The summed E-state index contributed by atoms with van der Waals surface area (Å²) in [6.07, 6.45) is 2.81. The summed E-state index contributed by atoms with van der Waals surface area (Å²) in [4.78, 5) is 13.7. The number of nitrogens with zero attached hydrogens (tertiary/aromatic N) is 5. The molecular weight excluding hydrogens is 440 g/mol. The molecule has 1 aromatic heterocycles. The molecule has 2 heterocycles. The highest BCUT2D eigenvalue weighted by Crippen LogP contribution is 2.22. The summed E-state index contributed by atoms with van der Waals surface area (Å²) in [5, 5.41) is 15.3. The van der Waals surface area contributed by atoms with Gasteiger partial charge >= 0.3 is 0 Å². The van der Waals surface area contributed by atoms with Gasteiger partial charge < -0.3 is 5.32 Å². The lowest BCUT2D eigenvalue weighted by Gasteiger charge is -2.25. The van der Waals surface area contributed by atoms with Gasteiger partial charge in [0.1, 0.15) is 6.54 Å². The average Bonchev–Trinajstić information content (AvgIpc) is 3.23. The lowest BCUT2D eigenvalue weighted by molar-refractivity contribution is -0.117. The normalized spacial score (nSPS) is 15.0. The number of amides is 1. The van der Waals surface area contributed by atoms with Crippen molar-refractivity contribution in [2.75, 3.05) is 18.4 Å². The second-order valence-corrected chi connectivity index (χ2v) is 9.56. The van der Waals surface area contributed by atoms with Crippen molar-refractivity contribution in [1.82, 2.24) is 24.5 Å². The molecule has 0 bridgehead atoms. The summed E-state index contributed by atoms with van der Waals surface area (Å²) < 4.78 is 26.9. The van der Waals surface area contributed by atoms with E-state index in [0.717, 1.165) is 24.8 Å². The Bertz CT molecular complexity index is 1160. The lowest BCUT2D eigenvalue weighted by Crippen LogP contribution is -2.35. The van der Waals surface area contributed by atoms with Gasteiger partial charge in [-0.2, -0.15) is 9.10 Å². The molecule has 4 rings (SSSR count). The maximum absolute atomic E-state index is 12.7. The molecule has 1 amide bonds. The summed E-state index contributed by atoms with van der Waals surface area (Å²) in [5.74, 6) is 0.0310. The van der Waals surface area contributed by atoms with Crippen molar-refractivity contribution < 1.29 is 13.2 Å². The Morgan fingerprint density at radius 2 is 1.68 bits per heavy atom. The van der Waals surface area contributed by atoms with Crippen LogP contribution in [-0.4, -0.2) is 51.9 Å². The van der Waals surface area contributed by atoms with Gasteiger partial charge in [-0.15, -0.1) is 10.2 Å². The number of anilines is 1. The molecule has 0 saturated carbocycles. The second-order valence-electron chi connectivity index (χ2n) is 7.19. The molecular formula is C20H21ClN6O3S. The number of rotatable bonds is 6. The third-order valence-electron chi connectivity index (χ3n) is 4.93. The number of hydrogen-bond acceptors (Lipinski definition) is 6. The molecule has 0 radical (unpaired) electrons. The topological polar surface area (TPSA) is 110 Å². The molecule has 1 saturated heterocycles. The van der Waals surface area contributed by atoms with Crippen LogP contribution in [0.1, 0.15) is 19.3 Å². The fraction of sp³-hybridized carbons (Fsp3) is 0.300. The molecule has 0 unspecified atom stereocenters. The van der Waals surface area contributed by atoms with Gasteiger partial charge in [-0.05, 0) is 66.6 Å². The first-order valence-electron chi connectivity index (χ1n) is 9.86. The number of hydrogen-bond donors (Lipinski definition) is 1. The highest BCUT2D eigenvalue weighted by atomic mass is 35.5. The predicted octanol–water partition coefficient (Wildman–Crippen LogP) is 2.81. The monoisotopic (exact) mass is 460 g/mol. The number of aromatic nitrogens is 4. The van der Waals surface area contributed by atoms with Crippen molar-refractivity contribution in [1.29, 1.82) is 0 Å². The number of tetrazole rings is 1. The van der Waals surface area contributed by atoms with Crippen molar-refractivity contribution in [3.63, 3.8) is 0 Å². The van der Waals surface area contributed by atoms with Crippen LogP contribution >= 0.6 is 11.6 Å². The van der Waals surface area contributed by atoms with E-state index in [9.17, 15) is 13.2 Å². The number of nitrogens with one attached hydrogen (secondary N) is 1. The van der Waals surface area contributed by atoms with Crippen molar-refractivity contribution in [2.45, 2.75) is 30.7 Å². The number of carbonyl (C=O) groups is 1. The SMILES string of the molecule is O=C(Cn1nnc(-c2ccc(Cl)cc2)n1)Nc1ccc(S(=O)(=O)N2CCCCC2)cc1.